The van der Waals surface area contributed by atoms with Crippen LogP contribution in [0.4, 0.5) is 5.95 Å². The van der Waals surface area contributed by atoms with Crippen LogP contribution in [-0.2, 0) is 0 Å². The van der Waals surface area contributed by atoms with Gasteiger partial charge in [-0.25, -0.2) is 4.98 Å². The topological polar surface area (TPSA) is 56.7 Å². The summed E-state index contributed by atoms with van der Waals surface area (Å²) in [6, 6.07) is 2.65. The summed E-state index contributed by atoms with van der Waals surface area (Å²) in [5.74, 6) is 0.341. The molecule has 3 rings (SSSR count). The number of nitrogens with zero attached hydrogens (tertiary/aromatic N) is 3. The van der Waals surface area contributed by atoms with E-state index in [1.807, 2.05) is 6.92 Å². The van der Waals surface area contributed by atoms with E-state index in [1.54, 1.807) is 6.20 Å². The molecule has 2 aromatic heterocycles. The number of nitrogens with two attached hydrogens (primary N) is 1. The highest BCUT2D eigenvalue weighted by Crippen LogP contribution is 2.35. The molecule has 0 spiro atoms. The number of nitrogen functional groups attached to an aromatic ring is 1. The standard InChI is InChI=1S/C14H18N4/c1-9(2)12-7-10-8-16-14(15)17-13(10)18(12)11-5-3-4-6-11/h7-8,11H,1,3-6H2,2H3,(H2,15,16,17). The van der Waals surface area contributed by atoms with E-state index in [0.717, 1.165) is 22.3 Å². The van der Waals surface area contributed by atoms with Gasteiger partial charge in [0.1, 0.15) is 5.65 Å². The quantitative estimate of drug-likeness (QED) is 0.880. The predicted octanol–water partition coefficient (Wildman–Crippen LogP) is 3.16. The Morgan fingerprint density at radius 1 is 1.44 bits per heavy atom. The summed E-state index contributed by atoms with van der Waals surface area (Å²) in [4.78, 5) is 8.48. The molecule has 1 aliphatic rings. The van der Waals surface area contributed by atoms with E-state index in [9.17, 15) is 0 Å². The van der Waals surface area contributed by atoms with Crippen LogP contribution in [0.2, 0.25) is 0 Å². The van der Waals surface area contributed by atoms with Gasteiger partial charge in [-0.2, -0.15) is 4.98 Å². The Morgan fingerprint density at radius 2 is 2.17 bits per heavy atom. The highest BCUT2D eigenvalue weighted by Gasteiger charge is 2.22. The molecule has 4 nitrogen and oxygen atoms in total. The molecule has 1 saturated carbocycles. The van der Waals surface area contributed by atoms with E-state index < -0.39 is 0 Å². The minimum absolute atomic E-state index is 0.341. The predicted molar refractivity (Wildman–Crippen MR) is 74.2 cm³/mol. The second-order valence-corrected chi connectivity index (χ2v) is 5.13. The van der Waals surface area contributed by atoms with Gasteiger partial charge in [-0.05, 0) is 31.4 Å². The molecule has 18 heavy (non-hydrogen) atoms. The van der Waals surface area contributed by atoms with Gasteiger partial charge in [0.15, 0.2) is 0 Å². The van der Waals surface area contributed by atoms with E-state index in [0.29, 0.717) is 12.0 Å². The van der Waals surface area contributed by atoms with Crippen LogP contribution in [0.1, 0.15) is 44.3 Å². The number of rotatable bonds is 2. The lowest BCUT2D eigenvalue weighted by molar-refractivity contribution is 0.528. The summed E-state index contributed by atoms with van der Waals surface area (Å²) in [5.41, 5.74) is 8.90. The zero-order valence-corrected chi connectivity index (χ0v) is 10.7. The Hall–Kier alpha value is -1.84. The Kier molecular flexibility index (Phi) is 2.58. The molecule has 0 radical (unpaired) electrons. The monoisotopic (exact) mass is 242 g/mol. The highest BCUT2D eigenvalue weighted by atomic mass is 15.1. The third-order valence-electron chi connectivity index (χ3n) is 3.72. The third kappa shape index (κ3) is 1.68. The van der Waals surface area contributed by atoms with Gasteiger partial charge < -0.3 is 10.3 Å². The molecule has 2 heterocycles. The van der Waals surface area contributed by atoms with E-state index in [4.69, 9.17) is 5.73 Å². The van der Waals surface area contributed by atoms with E-state index in [2.05, 4.69) is 27.2 Å². The molecule has 4 heteroatoms. The molecule has 0 atom stereocenters. The molecule has 0 aromatic carbocycles. The average molecular weight is 242 g/mol. The van der Waals surface area contributed by atoms with Crippen molar-refractivity contribution >= 4 is 22.6 Å². The van der Waals surface area contributed by atoms with E-state index in [-0.39, 0.29) is 0 Å². The largest absolute Gasteiger partial charge is 0.368 e. The van der Waals surface area contributed by atoms with Gasteiger partial charge in [-0.3, -0.25) is 0 Å². The maximum absolute atomic E-state index is 5.72. The lowest BCUT2D eigenvalue weighted by Gasteiger charge is -2.17. The number of aromatic nitrogens is 3. The van der Waals surface area contributed by atoms with Gasteiger partial charge in [0.05, 0.1) is 0 Å². The fourth-order valence-corrected chi connectivity index (χ4v) is 2.88. The molecule has 0 aliphatic heterocycles. The molecular weight excluding hydrogens is 224 g/mol. The van der Waals surface area contributed by atoms with Crippen molar-refractivity contribution in [2.45, 2.75) is 38.6 Å². The summed E-state index contributed by atoms with van der Waals surface area (Å²) < 4.78 is 2.31. The van der Waals surface area contributed by atoms with Gasteiger partial charge in [-0.15, -0.1) is 0 Å². The highest BCUT2D eigenvalue weighted by molar-refractivity contribution is 5.82. The summed E-state index contributed by atoms with van der Waals surface area (Å²) in [5, 5.41) is 1.05. The van der Waals surface area contributed by atoms with E-state index >= 15 is 0 Å². The average Bonchev–Trinajstić information content (AvgIpc) is 2.93. The lowest BCUT2D eigenvalue weighted by Crippen LogP contribution is -2.09. The van der Waals surface area contributed by atoms with Gasteiger partial charge in [-0.1, -0.05) is 19.4 Å². The second-order valence-electron chi connectivity index (χ2n) is 5.13. The summed E-state index contributed by atoms with van der Waals surface area (Å²) >= 11 is 0. The first-order valence-corrected chi connectivity index (χ1v) is 6.46. The first-order chi connectivity index (χ1) is 8.66. The number of hydrogen-bond donors (Lipinski definition) is 1. The third-order valence-corrected chi connectivity index (χ3v) is 3.72. The Balaban J connectivity index is 2.26. The maximum atomic E-state index is 5.72. The van der Waals surface area contributed by atoms with Gasteiger partial charge >= 0.3 is 0 Å². The molecular formula is C14H18N4. The van der Waals surface area contributed by atoms with Crippen LogP contribution in [-0.4, -0.2) is 14.5 Å². The van der Waals surface area contributed by atoms with E-state index in [1.165, 1.54) is 25.7 Å². The molecule has 2 N–H and O–H groups in total. The fraction of sp³-hybridized carbons (Fsp3) is 0.429. The molecule has 0 unspecified atom stereocenters. The van der Waals surface area contributed by atoms with Crippen LogP contribution in [0, 0.1) is 0 Å². The van der Waals surface area contributed by atoms with Crippen LogP contribution >= 0.6 is 0 Å². The smallest absolute Gasteiger partial charge is 0.221 e. The zero-order valence-electron chi connectivity index (χ0n) is 10.7. The van der Waals surface area contributed by atoms with Crippen LogP contribution in [0.5, 0.6) is 0 Å². The van der Waals surface area contributed by atoms with Gasteiger partial charge in [0.25, 0.3) is 0 Å². The second kappa shape index (κ2) is 4.12. The van der Waals surface area contributed by atoms with Crippen LogP contribution in [0.15, 0.2) is 18.8 Å². The molecule has 0 bridgehead atoms. The van der Waals surface area contributed by atoms with Crippen molar-refractivity contribution in [1.82, 2.24) is 14.5 Å². The number of anilines is 1. The summed E-state index contributed by atoms with van der Waals surface area (Å²) in [6.07, 6.45) is 6.82. The van der Waals surface area contributed by atoms with Crippen molar-refractivity contribution in [3.05, 3.63) is 24.5 Å². The molecule has 2 aromatic rings. The Bertz CT molecular complexity index is 606. The number of fused-ring (bicyclic) bond motifs is 1. The number of hydrogen-bond acceptors (Lipinski definition) is 3. The van der Waals surface area contributed by atoms with Crippen molar-refractivity contribution in [3.8, 4) is 0 Å². The van der Waals surface area contributed by atoms with Crippen LogP contribution < -0.4 is 5.73 Å². The summed E-state index contributed by atoms with van der Waals surface area (Å²) in [7, 11) is 0. The molecule has 1 fully saturated rings. The molecule has 0 saturated heterocycles. The SMILES string of the molecule is C=C(C)c1cc2cnc(N)nc2n1C1CCCC1. The fourth-order valence-electron chi connectivity index (χ4n) is 2.88. The van der Waals surface area contributed by atoms with Crippen molar-refractivity contribution in [2.75, 3.05) is 5.73 Å². The molecule has 94 valence electrons. The molecule has 0 amide bonds. The maximum Gasteiger partial charge on any atom is 0.221 e. The van der Waals surface area contributed by atoms with Crippen LogP contribution in [0.25, 0.3) is 16.6 Å². The number of allylic oxidation sites excluding steroid dienone is 1. The zero-order chi connectivity index (χ0) is 12.7. The van der Waals surface area contributed by atoms with Crippen molar-refractivity contribution in [3.63, 3.8) is 0 Å². The minimum Gasteiger partial charge on any atom is -0.368 e. The minimum atomic E-state index is 0.341. The first-order valence-electron chi connectivity index (χ1n) is 6.46. The Labute approximate surface area is 107 Å². The first kappa shape index (κ1) is 11.3. The molecule has 1 aliphatic carbocycles. The van der Waals surface area contributed by atoms with Gasteiger partial charge in [0.2, 0.25) is 5.95 Å². The van der Waals surface area contributed by atoms with Gasteiger partial charge in [0, 0.05) is 23.3 Å². The Morgan fingerprint density at radius 3 is 2.83 bits per heavy atom. The normalized spacial score (nSPS) is 16.5. The van der Waals surface area contributed by atoms with Crippen molar-refractivity contribution < 1.29 is 0 Å². The lowest BCUT2D eigenvalue weighted by atomic mass is 10.2. The summed E-state index contributed by atoms with van der Waals surface area (Å²) in [6.45, 7) is 6.11. The van der Waals surface area contributed by atoms with Crippen LogP contribution in [0.3, 0.4) is 0 Å². The van der Waals surface area contributed by atoms with Crippen molar-refractivity contribution in [1.29, 1.82) is 0 Å². The van der Waals surface area contributed by atoms with Crippen molar-refractivity contribution in [2.24, 2.45) is 0 Å².